The van der Waals surface area contributed by atoms with Crippen LogP contribution in [0.15, 0.2) is 59.9 Å². The van der Waals surface area contributed by atoms with Crippen molar-refractivity contribution in [1.82, 2.24) is 0 Å². The Morgan fingerprint density at radius 1 is 0.960 bits per heavy atom. The maximum Gasteiger partial charge on any atom is 0.312 e. The highest BCUT2D eigenvalue weighted by atomic mass is 16.5. The van der Waals surface area contributed by atoms with Crippen LogP contribution in [-0.4, -0.2) is 24.6 Å². The van der Waals surface area contributed by atoms with Crippen LogP contribution in [0.3, 0.4) is 0 Å². The molecule has 25 heavy (non-hydrogen) atoms. The molecule has 1 heterocycles. The molecule has 1 aliphatic carbocycles. The Balaban J connectivity index is 1.90. The minimum absolute atomic E-state index is 0.00713. The lowest BCUT2D eigenvalue weighted by Gasteiger charge is -2.30. The van der Waals surface area contributed by atoms with E-state index in [1.807, 2.05) is 6.07 Å². The van der Waals surface area contributed by atoms with Crippen molar-refractivity contribution in [1.29, 1.82) is 0 Å². The van der Waals surface area contributed by atoms with Gasteiger partial charge in [0.1, 0.15) is 5.75 Å². The maximum absolute atomic E-state index is 13.0. The zero-order chi connectivity index (χ0) is 17.6. The molecule has 0 aromatic heterocycles. The van der Waals surface area contributed by atoms with E-state index in [4.69, 9.17) is 9.47 Å². The Morgan fingerprint density at radius 3 is 2.40 bits per heavy atom. The first-order valence-electron chi connectivity index (χ1n) is 7.87. The highest BCUT2D eigenvalue weighted by molar-refractivity contribution is 6.27. The summed E-state index contributed by atoms with van der Waals surface area (Å²) >= 11 is 0. The number of hydrogen-bond donors (Lipinski definition) is 0. The zero-order valence-corrected chi connectivity index (χ0v) is 13.4. The van der Waals surface area contributed by atoms with Gasteiger partial charge in [-0.15, -0.1) is 0 Å². The lowest BCUT2D eigenvalue weighted by Crippen LogP contribution is -2.32. The van der Waals surface area contributed by atoms with Gasteiger partial charge in [0, 0.05) is 17.0 Å². The number of Topliss-reactive ketones (excluding diaryl/α,β-unsaturated/α-hetero) is 2. The summed E-state index contributed by atoms with van der Waals surface area (Å²) in [7, 11) is 1.55. The third kappa shape index (κ3) is 2.36. The van der Waals surface area contributed by atoms with Crippen LogP contribution < -0.4 is 4.74 Å². The van der Waals surface area contributed by atoms with Crippen molar-refractivity contribution in [3.63, 3.8) is 0 Å². The monoisotopic (exact) mass is 334 g/mol. The molecule has 5 nitrogen and oxygen atoms in total. The molecule has 0 radical (unpaired) electrons. The fraction of sp³-hybridized carbons (Fsp3) is 0.150. The van der Waals surface area contributed by atoms with Gasteiger partial charge in [0.2, 0.25) is 5.78 Å². The van der Waals surface area contributed by atoms with E-state index < -0.39 is 17.7 Å². The lowest BCUT2D eigenvalue weighted by atomic mass is 9.77. The predicted molar refractivity (Wildman–Crippen MR) is 88.6 cm³/mol. The number of fused-ring (bicyclic) bond motifs is 1. The summed E-state index contributed by atoms with van der Waals surface area (Å²) in [5, 5.41) is 0. The normalized spacial score (nSPS) is 19.2. The number of ketones is 2. The van der Waals surface area contributed by atoms with Crippen molar-refractivity contribution in [2.75, 3.05) is 7.11 Å². The van der Waals surface area contributed by atoms with Gasteiger partial charge in [-0.1, -0.05) is 36.4 Å². The molecule has 0 spiro atoms. The number of rotatable bonds is 2. The highest BCUT2D eigenvalue weighted by Crippen LogP contribution is 2.41. The van der Waals surface area contributed by atoms with E-state index >= 15 is 0 Å². The molecule has 1 atom stereocenters. The number of methoxy groups -OCH3 is 1. The number of ether oxygens (including phenoxy) is 2. The van der Waals surface area contributed by atoms with Gasteiger partial charge in [-0.05, 0) is 17.7 Å². The fourth-order valence-corrected chi connectivity index (χ4v) is 3.36. The molecule has 1 aliphatic heterocycles. The SMILES string of the molecule is COc1cccc(C2CC(=O)OC3=C2C(=O)c2ccccc2C3=O)c1. The summed E-state index contributed by atoms with van der Waals surface area (Å²) in [6, 6.07) is 13.7. The van der Waals surface area contributed by atoms with Crippen molar-refractivity contribution in [2.24, 2.45) is 0 Å². The van der Waals surface area contributed by atoms with Gasteiger partial charge in [-0.25, -0.2) is 0 Å². The quantitative estimate of drug-likeness (QED) is 0.790. The van der Waals surface area contributed by atoms with E-state index in [2.05, 4.69) is 0 Å². The molecule has 5 heteroatoms. The van der Waals surface area contributed by atoms with Gasteiger partial charge < -0.3 is 9.47 Å². The first-order valence-corrected chi connectivity index (χ1v) is 7.87. The van der Waals surface area contributed by atoms with Crippen molar-refractivity contribution < 1.29 is 23.9 Å². The fourth-order valence-electron chi connectivity index (χ4n) is 3.36. The van der Waals surface area contributed by atoms with E-state index in [0.29, 0.717) is 11.3 Å². The molecule has 0 saturated heterocycles. The molecular weight excluding hydrogens is 320 g/mol. The molecule has 0 fully saturated rings. The number of hydrogen-bond acceptors (Lipinski definition) is 5. The third-order valence-corrected chi connectivity index (χ3v) is 4.54. The summed E-state index contributed by atoms with van der Waals surface area (Å²) in [6.07, 6.45) is 0.00713. The standard InChI is InChI=1S/C20H14O5/c1-24-12-6-4-5-11(9-12)15-10-16(21)25-20-17(15)18(22)13-7-2-3-8-14(13)19(20)23/h2-9,15H,10H2,1H3. The number of esters is 1. The average Bonchev–Trinajstić information content (AvgIpc) is 2.65. The Morgan fingerprint density at radius 2 is 1.68 bits per heavy atom. The van der Waals surface area contributed by atoms with Crippen molar-refractivity contribution in [3.05, 3.63) is 76.6 Å². The van der Waals surface area contributed by atoms with Crippen molar-refractivity contribution >= 4 is 17.5 Å². The number of benzene rings is 2. The van der Waals surface area contributed by atoms with E-state index in [-0.39, 0.29) is 29.1 Å². The van der Waals surface area contributed by atoms with Gasteiger partial charge in [-0.2, -0.15) is 0 Å². The topological polar surface area (TPSA) is 69.7 Å². The summed E-state index contributed by atoms with van der Waals surface area (Å²) in [5.41, 5.74) is 1.60. The largest absolute Gasteiger partial charge is 0.497 e. The number of allylic oxidation sites excluding steroid dienone is 2. The van der Waals surface area contributed by atoms with Crippen LogP contribution in [0.5, 0.6) is 5.75 Å². The van der Waals surface area contributed by atoms with E-state index in [1.54, 1.807) is 49.6 Å². The summed E-state index contributed by atoms with van der Waals surface area (Å²) < 4.78 is 10.4. The Labute approximate surface area is 143 Å². The minimum atomic E-state index is -0.531. The third-order valence-electron chi connectivity index (χ3n) is 4.54. The van der Waals surface area contributed by atoms with Gasteiger partial charge in [0.05, 0.1) is 19.1 Å². The van der Waals surface area contributed by atoms with E-state index in [1.165, 1.54) is 0 Å². The molecule has 1 unspecified atom stereocenters. The molecule has 124 valence electrons. The molecule has 2 aromatic rings. The van der Waals surface area contributed by atoms with Crippen LogP contribution in [0.25, 0.3) is 0 Å². The molecule has 0 bridgehead atoms. The first-order chi connectivity index (χ1) is 12.1. The second-order valence-corrected chi connectivity index (χ2v) is 5.95. The second-order valence-electron chi connectivity index (χ2n) is 5.95. The second kappa shape index (κ2) is 5.70. The minimum Gasteiger partial charge on any atom is -0.497 e. The van der Waals surface area contributed by atoms with Crippen LogP contribution in [0.2, 0.25) is 0 Å². The van der Waals surface area contributed by atoms with Crippen LogP contribution in [0.1, 0.15) is 38.6 Å². The van der Waals surface area contributed by atoms with Crippen LogP contribution in [-0.2, 0) is 9.53 Å². The lowest BCUT2D eigenvalue weighted by molar-refractivity contribution is -0.140. The molecular formula is C20H14O5. The van der Waals surface area contributed by atoms with Crippen molar-refractivity contribution in [2.45, 2.75) is 12.3 Å². The van der Waals surface area contributed by atoms with Gasteiger partial charge in [0.25, 0.3) is 0 Å². The molecule has 2 aromatic carbocycles. The summed E-state index contributed by atoms with van der Waals surface area (Å²) in [5.74, 6) is -1.28. The predicted octanol–water partition coefficient (Wildman–Crippen LogP) is 3.06. The first kappa shape index (κ1) is 15.3. The molecule has 0 amide bonds. The van der Waals surface area contributed by atoms with E-state index in [9.17, 15) is 14.4 Å². The Kier molecular flexibility index (Phi) is 3.50. The highest BCUT2D eigenvalue weighted by Gasteiger charge is 2.42. The maximum atomic E-state index is 13.0. The molecule has 0 N–H and O–H groups in total. The van der Waals surface area contributed by atoms with E-state index in [0.717, 1.165) is 5.56 Å². The van der Waals surface area contributed by atoms with Crippen molar-refractivity contribution in [3.8, 4) is 5.75 Å². The molecule has 2 aliphatic rings. The van der Waals surface area contributed by atoms with Gasteiger partial charge in [0.15, 0.2) is 11.5 Å². The zero-order valence-electron chi connectivity index (χ0n) is 13.4. The number of carbonyl (C=O) groups excluding carboxylic acids is 3. The van der Waals surface area contributed by atoms with Crippen LogP contribution >= 0.6 is 0 Å². The van der Waals surface area contributed by atoms with Gasteiger partial charge >= 0.3 is 5.97 Å². The van der Waals surface area contributed by atoms with Gasteiger partial charge in [-0.3, -0.25) is 14.4 Å². The average molecular weight is 334 g/mol. The number of carbonyl (C=O) groups is 3. The summed E-state index contributed by atoms with van der Waals surface area (Å²) in [6.45, 7) is 0. The molecule has 0 saturated carbocycles. The Hall–Kier alpha value is -3.21. The summed E-state index contributed by atoms with van der Waals surface area (Å²) in [4.78, 5) is 37.8. The van der Waals surface area contributed by atoms with Crippen LogP contribution in [0.4, 0.5) is 0 Å². The smallest absolute Gasteiger partial charge is 0.312 e. The molecule has 4 rings (SSSR count). The van der Waals surface area contributed by atoms with Crippen LogP contribution in [0, 0.1) is 0 Å². The Bertz CT molecular complexity index is 954.